The summed E-state index contributed by atoms with van der Waals surface area (Å²) >= 11 is 0. The van der Waals surface area contributed by atoms with Crippen molar-refractivity contribution in [2.24, 2.45) is 29.2 Å². The van der Waals surface area contributed by atoms with Gasteiger partial charge in [-0.1, -0.05) is 40.5 Å². The molecule has 11 heteroatoms. The zero-order valence-electron chi connectivity index (χ0n) is 19.9. The first-order chi connectivity index (χ1) is 15.7. The van der Waals surface area contributed by atoms with Crippen LogP contribution in [0.25, 0.3) is 11.2 Å². The monoisotopic (exact) mass is 463 g/mol. The first kappa shape index (κ1) is 26.5. The van der Waals surface area contributed by atoms with E-state index in [1.807, 2.05) is 32.3 Å². The van der Waals surface area contributed by atoms with Gasteiger partial charge in [0, 0.05) is 12.5 Å². The number of aromatic nitrogens is 4. The Bertz CT molecular complexity index is 919. The number of nitrogens with two attached hydrogens (primary N) is 3. The number of nitrogen functional groups attached to an aromatic ring is 1. The molecule has 2 heterocycles. The van der Waals surface area contributed by atoms with Crippen LogP contribution in [0.5, 0.6) is 0 Å². The Morgan fingerprint density at radius 3 is 2.24 bits per heavy atom. The van der Waals surface area contributed by atoms with E-state index in [0.29, 0.717) is 24.1 Å². The number of anilines is 1. The minimum atomic E-state index is -0.691. The molecule has 33 heavy (non-hydrogen) atoms. The third kappa shape index (κ3) is 7.36. The summed E-state index contributed by atoms with van der Waals surface area (Å²) in [6, 6.07) is -1.36. The predicted molar refractivity (Wildman–Crippen MR) is 125 cm³/mol. The molecule has 5 atom stereocenters. The van der Waals surface area contributed by atoms with Crippen LogP contribution in [-0.2, 0) is 25.6 Å². The fraction of sp³-hybridized carbons (Fsp3) is 0.682. The minimum Gasteiger partial charge on any atom is -0.465 e. The molecule has 2 rings (SSSR count). The van der Waals surface area contributed by atoms with Crippen LogP contribution in [0, 0.1) is 17.8 Å². The van der Waals surface area contributed by atoms with Crippen molar-refractivity contribution in [2.45, 2.75) is 65.6 Å². The first-order valence-corrected chi connectivity index (χ1v) is 11.5. The van der Waals surface area contributed by atoms with E-state index in [2.05, 4.69) is 15.0 Å². The standard InChI is InChI=1S/C22H37N7O4/c1-5-13(3)17(23)20(30)32-8-7-15(11-33-21(31)18(24)14(4)6-2)10-29-12-27-16-9-26-22(25)28-19(16)29/h9,12-15,17-18H,5-8,10-11,23-24H2,1-4H3,(H2,25,26,28)/t13-,14-,15?,17-,18-/m0/s1. The van der Waals surface area contributed by atoms with E-state index in [4.69, 9.17) is 26.7 Å². The molecule has 0 amide bonds. The van der Waals surface area contributed by atoms with Crippen LogP contribution >= 0.6 is 0 Å². The number of fused-ring (bicyclic) bond motifs is 1. The number of imidazole rings is 1. The lowest BCUT2D eigenvalue weighted by Gasteiger charge is -2.22. The maximum atomic E-state index is 12.4. The molecule has 0 aliphatic carbocycles. The number of carbonyl (C=O) groups is 2. The van der Waals surface area contributed by atoms with Gasteiger partial charge in [0.1, 0.15) is 17.6 Å². The quantitative estimate of drug-likeness (QED) is 0.367. The van der Waals surface area contributed by atoms with Crippen molar-refractivity contribution in [3.63, 3.8) is 0 Å². The third-order valence-corrected chi connectivity index (χ3v) is 6.12. The summed E-state index contributed by atoms with van der Waals surface area (Å²) in [6.45, 7) is 8.44. The van der Waals surface area contributed by atoms with Crippen LogP contribution in [0.15, 0.2) is 12.5 Å². The summed E-state index contributed by atoms with van der Waals surface area (Å²) < 4.78 is 12.7. The largest absolute Gasteiger partial charge is 0.465 e. The summed E-state index contributed by atoms with van der Waals surface area (Å²) in [6.07, 6.45) is 5.18. The Hall–Kier alpha value is -2.79. The van der Waals surface area contributed by atoms with Crippen molar-refractivity contribution >= 4 is 29.1 Å². The maximum absolute atomic E-state index is 12.4. The van der Waals surface area contributed by atoms with Crippen LogP contribution < -0.4 is 17.2 Å². The molecule has 0 aliphatic heterocycles. The van der Waals surface area contributed by atoms with Crippen molar-refractivity contribution in [3.05, 3.63) is 12.5 Å². The zero-order chi connectivity index (χ0) is 24.5. The van der Waals surface area contributed by atoms with Gasteiger partial charge in [-0.15, -0.1) is 0 Å². The Morgan fingerprint density at radius 2 is 1.64 bits per heavy atom. The Kier molecular flexibility index (Phi) is 9.98. The SMILES string of the molecule is CC[C@H](C)[C@H](N)C(=O)OCCC(COC(=O)[C@@H](N)[C@@H](C)CC)Cn1cnc2cnc(N)nc21. The molecule has 0 radical (unpaired) electrons. The molecule has 0 saturated heterocycles. The van der Waals surface area contributed by atoms with Gasteiger partial charge in [0.2, 0.25) is 5.95 Å². The molecular weight excluding hydrogens is 426 g/mol. The van der Waals surface area contributed by atoms with E-state index in [-0.39, 0.29) is 36.9 Å². The molecule has 2 aromatic heterocycles. The van der Waals surface area contributed by atoms with Crippen LogP contribution in [0.4, 0.5) is 5.95 Å². The highest BCUT2D eigenvalue weighted by atomic mass is 16.5. The molecule has 0 bridgehead atoms. The molecular formula is C22H37N7O4. The molecule has 2 aromatic rings. The Labute approximate surface area is 194 Å². The molecule has 184 valence electrons. The molecule has 0 aliphatic rings. The number of ether oxygens (including phenoxy) is 2. The average molecular weight is 464 g/mol. The van der Waals surface area contributed by atoms with Gasteiger partial charge in [-0.05, 0) is 18.3 Å². The summed E-state index contributed by atoms with van der Waals surface area (Å²) in [5.74, 6) is -0.895. The van der Waals surface area contributed by atoms with Crippen molar-refractivity contribution in [1.82, 2.24) is 19.5 Å². The van der Waals surface area contributed by atoms with Crippen molar-refractivity contribution in [1.29, 1.82) is 0 Å². The highest BCUT2D eigenvalue weighted by Gasteiger charge is 2.24. The number of esters is 2. The second-order valence-corrected chi connectivity index (χ2v) is 8.61. The lowest BCUT2D eigenvalue weighted by atomic mass is 10.00. The molecule has 6 N–H and O–H groups in total. The van der Waals surface area contributed by atoms with Gasteiger partial charge in [-0.3, -0.25) is 9.59 Å². The van der Waals surface area contributed by atoms with Gasteiger partial charge in [-0.25, -0.2) is 9.97 Å². The summed E-state index contributed by atoms with van der Waals surface area (Å²) in [4.78, 5) is 37.1. The molecule has 0 spiro atoms. The van der Waals surface area contributed by atoms with Gasteiger partial charge < -0.3 is 31.2 Å². The third-order valence-electron chi connectivity index (χ3n) is 6.12. The number of hydrogen-bond donors (Lipinski definition) is 3. The zero-order valence-corrected chi connectivity index (χ0v) is 19.9. The van der Waals surface area contributed by atoms with Crippen LogP contribution in [0.3, 0.4) is 0 Å². The van der Waals surface area contributed by atoms with Gasteiger partial charge >= 0.3 is 11.9 Å². The van der Waals surface area contributed by atoms with E-state index in [1.54, 1.807) is 12.5 Å². The molecule has 0 fully saturated rings. The second-order valence-electron chi connectivity index (χ2n) is 8.61. The maximum Gasteiger partial charge on any atom is 0.323 e. The van der Waals surface area contributed by atoms with Crippen molar-refractivity contribution in [3.8, 4) is 0 Å². The number of carbonyl (C=O) groups excluding carboxylic acids is 2. The topological polar surface area (TPSA) is 174 Å². The lowest BCUT2D eigenvalue weighted by molar-refractivity contribution is -0.150. The Balaban J connectivity index is 2.06. The number of nitrogens with zero attached hydrogens (tertiary/aromatic N) is 4. The fourth-order valence-corrected chi connectivity index (χ4v) is 3.20. The molecule has 1 unspecified atom stereocenters. The van der Waals surface area contributed by atoms with E-state index >= 15 is 0 Å². The summed E-state index contributed by atoms with van der Waals surface area (Å²) in [5.41, 5.74) is 18.8. The van der Waals surface area contributed by atoms with Crippen LogP contribution in [-0.4, -0.2) is 56.8 Å². The highest BCUT2D eigenvalue weighted by molar-refractivity contribution is 5.76. The normalized spacial score (nSPS) is 16.1. The Morgan fingerprint density at radius 1 is 1.03 bits per heavy atom. The van der Waals surface area contributed by atoms with Gasteiger partial charge in [0.25, 0.3) is 0 Å². The highest BCUT2D eigenvalue weighted by Crippen LogP contribution is 2.16. The number of hydrogen-bond acceptors (Lipinski definition) is 10. The average Bonchev–Trinajstić information content (AvgIpc) is 3.21. The van der Waals surface area contributed by atoms with Crippen LogP contribution in [0.2, 0.25) is 0 Å². The molecule has 0 saturated carbocycles. The van der Waals surface area contributed by atoms with Gasteiger partial charge in [0.15, 0.2) is 5.65 Å². The van der Waals surface area contributed by atoms with E-state index in [9.17, 15) is 9.59 Å². The molecule has 11 nitrogen and oxygen atoms in total. The smallest absolute Gasteiger partial charge is 0.323 e. The number of rotatable bonds is 13. The second kappa shape index (κ2) is 12.4. The summed E-state index contributed by atoms with van der Waals surface area (Å²) in [5, 5.41) is 0. The lowest BCUT2D eigenvalue weighted by Crippen LogP contribution is -2.39. The van der Waals surface area contributed by atoms with Gasteiger partial charge in [-0.2, -0.15) is 4.98 Å². The van der Waals surface area contributed by atoms with Gasteiger partial charge in [0.05, 0.1) is 25.7 Å². The predicted octanol–water partition coefficient (Wildman–Crippen LogP) is 1.25. The van der Waals surface area contributed by atoms with Crippen molar-refractivity contribution < 1.29 is 19.1 Å². The molecule has 0 aromatic carbocycles. The van der Waals surface area contributed by atoms with Crippen molar-refractivity contribution in [2.75, 3.05) is 18.9 Å². The first-order valence-electron chi connectivity index (χ1n) is 11.5. The minimum absolute atomic E-state index is 0.0104. The van der Waals surface area contributed by atoms with Crippen LogP contribution in [0.1, 0.15) is 47.0 Å². The fourth-order valence-electron chi connectivity index (χ4n) is 3.20. The summed E-state index contributed by atoms with van der Waals surface area (Å²) in [7, 11) is 0. The van der Waals surface area contributed by atoms with E-state index in [1.165, 1.54) is 0 Å². The van der Waals surface area contributed by atoms with E-state index < -0.39 is 24.0 Å². The van der Waals surface area contributed by atoms with E-state index in [0.717, 1.165) is 12.8 Å².